The molecule has 0 fully saturated rings. The Hall–Kier alpha value is -2.76. The van der Waals surface area contributed by atoms with Crippen LogP contribution >= 0.6 is 0 Å². The number of hydrogen-bond donors (Lipinski definition) is 1. The van der Waals surface area contributed by atoms with Crippen molar-refractivity contribution in [3.63, 3.8) is 0 Å². The summed E-state index contributed by atoms with van der Waals surface area (Å²) in [6, 6.07) is 7.32. The van der Waals surface area contributed by atoms with Gasteiger partial charge in [0.25, 0.3) is 0 Å². The van der Waals surface area contributed by atoms with E-state index in [0.29, 0.717) is 28.4 Å². The summed E-state index contributed by atoms with van der Waals surface area (Å²) in [5, 5.41) is 3.13. The molecule has 0 radical (unpaired) electrons. The molecule has 0 spiro atoms. The van der Waals surface area contributed by atoms with Crippen molar-refractivity contribution in [2.45, 2.75) is 13.2 Å². The second-order valence-electron chi connectivity index (χ2n) is 4.86. The van der Waals surface area contributed by atoms with Crippen molar-refractivity contribution in [3.05, 3.63) is 47.2 Å². The number of methoxy groups -OCH3 is 2. The van der Waals surface area contributed by atoms with E-state index in [4.69, 9.17) is 14.2 Å². The first-order valence-corrected chi connectivity index (χ1v) is 6.79. The SMILES string of the molecule is COc1ccc2c(c1OC)C(=O)O[C@@H]2Nc1ncccc1C. The van der Waals surface area contributed by atoms with Crippen LogP contribution in [0.25, 0.3) is 0 Å². The van der Waals surface area contributed by atoms with Crippen molar-refractivity contribution in [1.82, 2.24) is 4.98 Å². The molecule has 1 aliphatic heterocycles. The van der Waals surface area contributed by atoms with Crippen LogP contribution in [0.5, 0.6) is 11.5 Å². The molecule has 1 N–H and O–H groups in total. The predicted molar refractivity (Wildman–Crippen MR) is 80.3 cm³/mol. The van der Waals surface area contributed by atoms with Crippen LogP contribution < -0.4 is 14.8 Å². The standard InChI is InChI=1S/C16H16N2O4/c1-9-5-4-8-17-14(9)18-15-10-6-7-11(20-2)13(21-3)12(10)16(19)22-15/h4-8,15H,1-3H3,(H,17,18)/t15-/m0/s1. The zero-order chi connectivity index (χ0) is 15.7. The first kappa shape index (κ1) is 14.2. The molecule has 0 aliphatic carbocycles. The van der Waals surface area contributed by atoms with Crippen LogP contribution in [0.3, 0.4) is 0 Å². The fourth-order valence-corrected chi connectivity index (χ4v) is 2.47. The van der Waals surface area contributed by atoms with E-state index in [1.54, 1.807) is 18.3 Å². The van der Waals surface area contributed by atoms with Crippen LogP contribution in [0.15, 0.2) is 30.5 Å². The fourth-order valence-electron chi connectivity index (χ4n) is 2.47. The number of rotatable bonds is 4. The minimum Gasteiger partial charge on any atom is -0.493 e. The molecule has 0 saturated carbocycles. The Bertz CT molecular complexity index is 730. The minimum absolute atomic E-state index is 0.382. The average molecular weight is 300 g/mol. The topological polar surface area (TPSA) is 69.7 Å². The highest BCUT2D eigenvalue weighted by Gasteiger charge is 2.36. The summed E-state index contributed by atoms with van der Waals surface area (Å²) in [6.07, 6.45) is 1.08. The van der Waals surface area contributed by atoms with Crippen molar-refractivity contribution in [2.75, 3.05) is 19.5 Å². The third-order valence-electron chi connectivity index (χ3n) is 3.57. The predicted octanol–water partition coefficient (Wildman–Crippen LogP) is 2.69. The van der Waals surface area contributed by atoms with Crippen LogP contribution in [0, 0.1) is 6.92 Å². The van der Waals surface area contributed by atoms with Crippen LogP contribution in [0.2, 0.25) is 0 Å². The quantitative estimate of drug-likeness (QED) is 0.875. The summed E-state index contributed by atoms with van der Waals surface area (Å²) in [5.74, 6) is 1.10. The summed E-state index contributed by atoms with van der Waals surface area (Å²) >= 11 is 0. The van der Waals surface area contributed by atoms with Gasteiger partial charge in [-0.25, -0.2) is 9.78 Å². The van der Waals surface area contributed by atoms with E-state index < -0.39 is 12.2 Å². The van der Waals surface area contributed by atoms with Gasteiger partial charge >= 0.3 is 5.97 Å². The van der Waals surface area contributed by atoms with Crippen molar-refractivity contribution in [2.24, 2.45) is 0 Å². The lowest BCUT2D eigenvalue weighted by molar-refractivity contribution is 0.0434. The number of fused-ring (bicyclic) bond motifs is 1. The van der Waals surface area contributed by atoms with Crippen molar-refractivity contribution < 1.29 is 19.0 Å². The molecule has 3 rings (SSSR count). The first-order chi connectivity index (χ1) is 10.7. The Labute approximate surface area is 128 Å². The monoisotopic (exact) mass is 300 g/mol. The van der Waals surface area contributed by atoms with E-state index in [-0.39, 0.29) is 0 Å². The maximum Gasteiger partial charge on any atom is 0.344 e. The van der Waals surface area contributed by atoms with Crippen molar-refractivity contribution in [3.8, 4) is 11.5 Å². The molecule has 1 aromatic heterocycles. The van der Waals surface area contributed by atoms with Gasteiger partial charge in [-0.15, -0.1) is 0 Å². The van der Waals surface area contributed by atoms with Crippen LogP contribution in [0.4, 0.5) is 5.82 Å². The molecule has 0 amide bonds. The number of hydrogen-bond acceptors (Lipinski definition) is 6. The zero-order valence-corrected chi connectivity index (χ0v) is 12.5. The molecule has 6 heteroatoms. The van der Waals surface area contributed by atoms with Gasteiger partial charge < -0.3 is 19.5 Å². The number of cyclic esters (lactones) is 1. The fraction of sp³-hybridized carbons (Fsp3) is 0.250. The number of nitrogens with zero attached hydrogens (tertiary/aromatic N) is 1. The van der Waals surface area contributed by atoms with Crippen molar-refractivity contribution >= 4 is 11.8 Å². The molecular formula is C16H16N2O4. The van der Waals surface area contributed by atoms with E-state index in [0.717, 1.165) is 5.56 Å². The molecule has 6 nitrogen and oxygen atoms in total. The number of aryl methyl sites for hydroxylation is 1. The molecule has 1 aromatic carbocycles. The Morgan fingerprint density at radius 1 is 1.23 bits per heavy atom. The van der Waals surface area contributed by atoms with Gasteiger partial charge in [0, 0.05) is 11.8 Å². The number of esters is 1. The molecular weight excluding hydrogens is 284 g/mol. The highest BCUT2D eigenvalue weighted by atomic mass is 16.6. The molecule has 0 bridgehead atoms. The molecule has 1 atom stereocenters. The smallest absolute Gasteiger partial charge is 0.344 e. The lowest BCUT2D eigenvalue weighted by atomic mass is 10.1. The summed E-state index contributed by atoms with van der Waals surface area (Å²) < 4.78 is 15.9. The van der Waals surface area contributed by atoms with E-state index in [1.165, 1.54) is 14.2 Å². The number of benzene rings is 1. The lowest BCUT2D eigenvalue weighted by Crippen LogP contribution is -2.12. The first-order valence-electron chi connectivity index (χ1n) is 6.79. The average Bonchev–Trinajstić information content (AvgIpc) is 2.85. The minimum atomic E-state index is -0.601. The lowest BCUT2D eigenvalue weighted by Gasteiger charge is -2.15. The Balaban J connectivity index is 2.00. The van der Waals surface area contributed by atoms with Crippen LogP contribution in [-0.2, 0) is 4.74 Å². The molecule has 1 aliphatic rings. The number of pyridine rings is 1. The molecule has 22 heavy (non-hydrogen) atoms. The van der Waals surface area contributed by atoms with Crippen molar-refractivity contribution in [1.29, 1.82) is 0 Å². The zero-order valence-electron chi connectivity index (χ0n) is 12.5. The third kappa shape index (κ3) is 2.22. The van der Waals surface area contributed by atoms with Gasteiger partial charge in [0.1, 0.15) is 11.4 Å². The molecule has 0 unspecified atom stereocenters. The number of carbonyl (C=O) groups is 1. The Morgan fingerprint density at radius 3 is 2.73 bits per heavy atom. The van der Waals surface area contributed by atoms with Gasteiger partial charge in [-0.2, -0.15) is 0 Å². The van der Waals surface area contributed by atoms with E-state index in [1.807, 2.05) is 19.1 Å². The second kappa shape index (κ2) is 5.55. The highest BCUT2D eigenvalue weighted by Crippen LogP contribution is 2.42. The number of nitrogens with one attached hydrogen (secondary N) is 1. The van der Waals surface area contributed by atoms with Gasteiger partial charge in [-0.05, 0) is 30.7 Å². The molecule has 2 aromatic rings. The van der Waals surface area contributed by atoms with Gasteiger partial charge in [0.2, 0.25) is 6.23 Å². The summed E-state index contributed by atoms with van der Waals surface area (Å²) in [5.41, 5.74) is 2.05. The van der Waals surface area contributed by atoms with E-state index in [2.05, 4.69) is 10.3 Å². The largest absolute Gasteiger partial charge is 0.493 e. The number of carbonyl (C=O) groups excluding carboxylic acids is 1. The summed E-state index contributed by atoms with van der Waals surface area (Å²) in [4.78, 5) is 16.4. The van der Waals surface area contributed by atoms with Crippen LogP contribution in [0.1, 0.15) is 27.7 Å². The highest BCUT2D eigenvalue weighted by molar-refractivity contribution is 5.98. The summed E-state index contributed by atoms with van der Waals surface area (Å²) in [6.45, 7) is 1.93. The van der Waals surface area contributed by atoms with Gasteiger partial charge in [-0.3, -0.25) is 0 Å². The van der Waals surface area contributed by atoms with Gasteiger partial charge in [-0.1, -0.05) is 6.07 Å². The maximum atomic E-state index is 12.2. The normalized spacial score (nSPS) is 16.0. The number of anilines is 1. The summed E-state index contributed by atoms with van der Waals surface area (Å²) in [7, 11) is 3.02. The number of ether oxygens (including phenoxy) is 3. The van der Waals surface area contributed by atoms with Gasteiger partial charge in [0.05, 0.1) is 14.2 Å². The second-order valence-corrected chi connectivity index (χ2v) is 4.86. The Morgan fingerprint density at radius 2 is 2.05 bits per heavy atom. The molecule has 2 heterocycles. The van der Waals surface area contributed by atoms with E-state index >= 15 is 0 Å². The maximum absolute atomic E-state index is 12.2. The molecule has 0 saturated heterocycles. The van der Waals surface area contributed by atoms with Crippen LogP contribution in [-0.4, -0.2) is 25.2 Å². The molecule has 114 valence electrons. The number of aromatic nitrogens is 1. The van der Waals surface area contributed by atoms with E-state index in [9.17, 15) is 4.79 Å². The van der Waals surface area contributed by atoms with Gasteiger partial charge in [0.15, 0.2) is 11.5 Å². The third-order valence-corrected chi connectivity index (χ3v) is 3.57. The Kier molecular flexibility index (Phi) is 3.58.